The lowest BCUT2D eigenvalue weighted by Gasteiger charge is -2.42. The molecule has 1 saturated carbocycles. The number of aliphatic hydroxyl groups is 1. The van der Waals surface area contributed by atoms with E-state index in [1.54, 1.807) is 0 Å². The molecule has 1 fully saturated rings. The Labute approximate surface area is 130 Å². The SMILES string of the molecule is CCN(CC1CC(C(C)(C)C)CCC1O)c1ccccc1. The molecule has 0 heterocycles. The van der Waals surface area contributed by atoms with Crippen molar-refractivity contribution in [3.8, 4) is 0 Å². The van der Waals surface area contributed by atoms with Gasteiger partial charge >= 0.3 is 0 Å². The number of anilines is 1. The van der Waals surface area contributed by atoms with Gasteiger partial charge in [0.25, 0.3) is 0 Å². The summed E-state index contributed by atoms with van der Waals surface area (Å²) in [6.07, 6.45) is 3.13. The Morgan fingerprint density at radius 2 is 1.81 bits per heavy atom. The van der Waals surface area contributed by atoms with E-state index in [2.05, 4.69) is 62.9 Å². The third-order valence-corrected chi connectivity index (χ3v) is 5.13. The van der Waals surface area contributed by atoms with Crippen LogP contribution in [-0.2, 0) is 0 Å². The van der Waals surface area contributed by atoms with Crippen LogP contribution in [0.5, 0.6) is 0 Å². The Bertz CT molecular complexity index is 423. The summed E-state index contributed by atoms with van der Waals surface area (Å²) in [7, 11) is 0. The maximum atomic E-state index is 10.4. The molecule has 0 spiro atoms. The van der Waals surface area contributed by atoms with Crippen LogP contribution in [0.15, 0.2) is 30.3 Å². The van der Waals surface area contributed by atoms with Crippen molar-refractivity contribution in [2.75, 3.05) is 18.0 Å². The van der Waals surface area contributed by atoms with E-state index in [1.807, 2.05) is 0 Å². The Kier molecular flexibility index (Phi) is 5.32. The summed E-state index contributed by atoms with van der Waals surface area (Å²) in [5, 5.41) is 10.4. The second kappa shape index (κ2) is 6.83. The quantitative estimate of drug-likeness (QED) is 0.891. The molecule has 21 heavy (non-hydrogen) atoms. The van der Waals surface area contributed by atoms with Crippen molar-refractivity contribution < 1.29 is 5.11 Å². The van der Waals surface area contributed by atoms with Gasteiger partial charge < -0.3 is 10.0 Å². The van der Waals surface area contributed by atoms with Gasteiger partial charge in [0.2, 0.25) is 0 Å². The van der Waals surface area contributed by atoms with E-state index in [-0.39, 0.29) is 6.10 Å². The van der Waals surface area contributed by atoms with E-state index in [1.165, 1.54) is 12.1 Å². The first-order chi connectivity index (χ1) is 9.91. The van der Waals surface area contributed by atoms with E-state index in [9.17, 15) is 5.11 Å². The third kappa shape index (κ3) is 4.23. The molecule has 0 amide bonds. The highest BCUT2D eigenvalue weighted by Gasteiger charge is 2.35. The zero-order valence-electron chi connectivity index (χ0n) is 14.0. The molecule has 1 aliphatic rings. The van der Waals surface area contributed by atoms with Gasteiger partial charge in [-0.3, -0.25) is 0 Å². The summed E-state index contributed by atoms with van der Waals surface area (Å²) in [5.74, 6) is 1.11. The van der Waals surface area contributed by atoms with Crippen LogP contribution in [0.4, 0.5) is 5.69 Å². The molecule has 1 aliphatic carbocycles. The molecular weight excluding hydrogens is 258 g/mol. The number of para-hydroxylation sites is 1. The van der Waals surface area contributed by atoms with Crippen molar-refractivity contribution >= 4 is 5.69 Å². The van der Waals surface area contributed by atoms with Crippen molar-refractivity contribution in [3.05, 3.63) is 30.3 Å². The first kappa shape index (κ1) is 16.4. The van der Waals surface area contributed by atoms with Crippen LogP contribution >= 0.6 is 0 Å². The van der Waals surface area contributed by atoms with Crippen LogP contribution in [0.25, 0.3) is 0 Å². The van der Waals surface area contributed by atoms with E-state index in [4.69, 9.17) is 0 Å². The number of benzene rings is 1. The molecule has 0 radical (unpaired) electrons. The molecule has 3 atom stereocenters. The van der Waals surface area contributed by atoms with E-state index < -0.39 is 0 Å². The minimum Gasteiger partial charge on any atom is -0.393 e. The lowest BCUT2D eigenvalue weighted by molar-refractivity contribution is 0.0225. The second-order valence-electron chi connectivity index (χ2n) is 7.58. The van der Waals surface area contributed by atoms with E-state index in [0.717, 1.165) is 31.8 Å². The Balaban J connectivity index is 2.05. The summed E-state index contributed by atoms with van der Waals surface area (Å²) in [6, 6.07) is 10.6. The van der Waals surface area contributed by atoms with E-state index in [0.29, 0.717) is 11.3 Å². The molecule has 0 saturated heterocycles. The molecule has 1 N–H and O–H groups in total. The minimum atomic E-state index is -0.138. The molecule has 118 valence electrons. The molecule has 1 aromatic carbocycles. The smallest absolute Gasteiger partial charge is 0.0585 e. The second-order valence-corrected chi connectivity index (χ2v) is 7.58. The number of nitrogens with zero attached hydrogens (tertiary/aromatic N) is 1. The number of aliphatic hydroxyl groups excluding tert-OH is 1. The van der Waals surface area contributed by atoms with Crippen LogP contribution in [-0.4, -0.2) is 24.3 Å². The van der Waals surface area contributed by atoms with Crippen LogP contribution in [0.1, 0.15) is 47.0 Å². The van der Waals surface area contributed by atoms with Crippen molar-refractivity contribution in [3.63, 3.8) is 0 Å². The molecule has 2 rings (SSSR count). The zero-order valence-corrected chi connectivity index (χ0v) is 14.0. The molecule has 2 nitrogen and oxygen atoms in total. The minimum absolute atomic E-state index is 0.138. The van der Waals surface area contributed by atoms with Gasteiger partial charge in [0.15, 0.2) is 0 Å². The molecule has 0 aromatic heterocycles. The molecular formula is C19H31NO. The number of rotatable bonds is 4. The standard InChI is InChI=1S/C19H31NO/c1-5-20(17-9-7-6-8-10-17)14-15-13-16(19(2,3)4)11-12-18(15)21/h6-10,15-16,18,21H,5,11-14H2,1-4H3. The lowest BCUT2D eigenvalue weighted by Crippen LogP contribution is -2.41. The van der Waals surface area contributed by atoms with Crippen LogP contribution in [0.2, 0.25) is 0 Å². The van der Waals surface area contributed by atoms with Gasteiger partial charge in [-0.15, -0.1) is 0 Å². The van der Waals surface area contributed by atoms with Crippen LogP contribution in [0.3, 0.4) is 0 Å². The van der Waals surface area contributed by atoms with Gasteiger partial charge in [0.05, 0.1) is 6.10 Å². The van der Waals surface area contributed by atoms with Gasteiger partial charge in [0, 0.05) is 24.7 Å². The fourth-order valence-corrected chi connectivity index (χ4v) is 3.57. The summed E-state index contributed by atoms with van der Waals surface area (Å²) in [6.45, 7) is 11.2. The highest BCUT2D eigenvalue weighted by Crippen LogP contribution is 2.40. The molecule has 3 unspecified atom stereocenters. The average Bonchev–Trinajstić information content (AvgIpc) is 2.46. The van der Waals surface area contributed by atoms with Gasteiger partial charge in [-0.05, 0) is 49.7 Å². The topological polar surface area (TPSA) is 23.5 Å². The maximum absolute atomic E-state index is 10.4. The Hall–Kier alpha value is -1.02. The number of hydrogen-bond acceptors (Lipinski definition) is 2. The Morgan fingerprint density at radius 3 is 2.38 bits per heavy atom. The predicted molar refractivity (Wildman–Crippen MR) is 90.6 cm³/mol. The van der Waals surface area contributed by atoms with Gasteiger partial charge in [-0.25, -0.2) is 0 Å². The monoisotopic (exact) mass is 289 g/mol. The average molecular weight is 289 g/mol. The fraction of sp³-hybridized carbons (Fsp3) is 0.684. The summed E-state index contributed by atoms with van der Waals surface area (Å²) >= 11 is 0. The summed E-state index contributed by atoms with van der Waals surface area (Å²) in [4.78, 5) is 2.40. The van der Waals surface area contributed by atoms with Crippen molar-refractivity contribution in [1.82, 2.24) is 0 Å². The van der Waals surface area contributed by atoms with Crippen LogP contribution in [0, 0.1) is 17.3 Å². The maximum Gasteiger partial charge on any atom is 0.0585 e. The van der Waals surface area contributed by atoms with Crippen molar-refractivity contribution in [2.45, 2.75) is 53.1 Å². The largest absolute Gasteiger partial charge is 0.393 e. The molecule has 1 aromatic rings. The normalized spacial score (nSPS) is 26.6. The van der Waals surface area contributed by atoms with Crippen molar-refractivity contribution in [2.24, 2.45) is 17.3 Å². The highest BCUT2D eigenvalue weighted by atomic mass is 16.3. The molecule has 0 aliphatic heterocycles. The van der Waals surface area contributed by atoms with E-state index >= 15 is 0 Å². The van der Waals surface area contributed by atoms with Gasteiger partial charge in [-0.1, -0.05) is 39.0 Å². The van der Waals surface area contributed by atoms with Crippen LogP contribution < -0.4 is 4.90 Å². The predicted octanol–water partition coefficient (Wildman–Crippen LogP) is 4.34. The summed E-state index contributed by atoms with van der Waals surface area (Å²) < 4.78 is 0. The Morgan fingerprint density at radius 1 is 1.14 bits per heavy atom. The third-order valence-electron chi connectivity index (χ3n) is 5.13. The van der Waals surface area contributed by atoms with Crippen molar-refractivity contribution in [1.29, 1.82) is 0 Å². The number of hydrogen-bond donors (Lipinski definition) is 1. The van der Waals surface area contributed by atoms with Gasteiger partial charge in [-0.2, -0.15) is 0 Å². The zero-order chi connectivity index (χ0) is 15.5. The van der Waals surface area contributed by atoms with Gasteiger partial charge in [0.1, 0.15) is 0 Å². The highest BCUT2D eigenvalue weighted by molar-refractivity contribution is 5.45. The molecule has 0 bridgehead atoms. The first-order valence-corrected chi connectivity index (χ1v) is 8.40. The fourth-order valence-electron chi connectivity index (χ4n) is 3.57. The first-order valence-electron chi connectivity index (χ1n) is 8.40. The lowest BCUT2D eigenvalue weighted by atomic mass is 9.68. The molecule has 2 heteroatoms. The summed E-state index contributed by atoms with van der Waals surface area (Å²) in [5.41, 5.74) is 1.62.